The van der Waals surface area contributed by atoms with Gasteiger partial charge in [-0.15, -0.1) is 0 Å². The summed E-state index contributed by atoms with van der Waals surface area (Å²) in [6.45, 7) is 4.00. The number of fused-ring (bicyclic) bond motifs is 1. The molecule has 0 saturated heterocycles. The highest BCUT2D eigenvalue weighted by Gasteiger charge is 2.24. The number of nitrogens with two attached hydrogens (primary N) is 2. The van der Waals surface area contributed by atoms with Crippen LogP contribution in [0.4, 0.5) is 5.82 Å². The molecule has 0 radical (unpaired) electrons. The van der Waals surface area contributed by atoms with Crippen molar-refractivity contribution in [1.82, 2.24) is 13.9 Å². The van der Waals surface area contributed by atoms with Gasteiger partial charge in [-0.3, -0.25) is 4.79 Å². The van der Waals surface area contributed by atoms with Gasteiger partial charge < -0.3 is 16.2 Å². The van der Waals surface area contributed by atoms with Crippen molar-refractivity contribution in [1.29, 1.82) is 0 Å². The maximum absolute atomic E-state index is 13.3. The molecule has 34 heavy (non-hydrogen) atoms. The molecule has 0 spiro atoms. The van der Waals surface area contributed by atoms with E-state index >= 15 is 0 Å². The molecule has 10 heteroatoms. The minimum Gasteiger partial charge on any atom is -0.469 e. The first-order chi connectivity index (χ1) is 16.3. The van der Waals surface area contributed by atoms with Crippen LogP contribution >= 0.6 is 0 Å². The third-order valence-corrected chi connectivity index (χ3v) is 6.81. The number of aromatic nitrogens is 3. The summed E-state index contributed by atoms with van der Waals surface area (Å²) in [4.78, 5) is 19.8. The van der Waals surface area contributed by atoms with Gasteiger partial charge >= 0.3 is 5.97 Å². The molecule has 2 heterocycles. The first-order valence-electron chi connectivity index (χ1n) is 10.7. The lowest BCUT2D eigenvalue weighted by Gasteiger charge is -2.11. The number of ether oxygens (including phenoxy) is 1. The van der Waals surface area contributed by atoms with Gasteiger partial charge in [0.15, 0.2) is 5.65 Å². The Morgan fingerprint density at radius 2 is 1.71 bits per heavy atom. The van der Waals surface area contributed by atoms with Crippen LogP contribution in [0.25, 0.3) is 22.2 Å². The van der Waals surface area contributed by atoms with Gasteiger partial charge in [0.05, 0.1) is 23.8 Å². The zero-order valence-electron chi connectivity index (χ0n) is 19.2. The second-order valence-corrected chi connectivity index (χ2v) is 8.94. The average Bonchev–Trinajstić information content (AvgIpc) is 3.27. The molecule has 4 rings (SSSR count). The highest BCUT2D eigenvalue weighted by Crippen LogP contribution is 2.35. The smallest absolute Gasteiger partial charge is 0.307 e. The predicted octanol–water partition coefficient (Wildman–Crippen LogP) is 3.51. The lowest BCUT2D eigenvalue weighted by atomic mass is 10.00. The van der Waals surface area contributed by atoms with Crippen molar-refractivity contribution >= 4 is 32.8 Å². The normalized spacial score (nSPS) is 12.0. The fraction of sp³-hybridized carbons (Fsp3) is 0.208. The number of hydrogen-bond donors (Lipinski definition) is 2. The standard InChI is InChI=1S/C22H21N5O4S.C2H6/c1-31-19(28)11-18(23)15-9-7-14(8-10-15)17-12-27(22-20(17)21(24)25-13-26-22)32(29,30)16-5-3-2-4-6-16;1-2/h2-10,12-13,18H,11,23H2,1H3,(H2,24,25,26);1-2H3. The summed E-state index contributed by atoms with van der Waals surface area (Å²) in [7, 11) is -2.60. The third-order valence-electron chi connectivity index (χ3n) is 5.15. The van der Waals surface area contributed by atoms with E-state index in [2.05, 4.69) is 14.7 Å². The summed E-state index contributed by atoms with van der Waals surface area (Å²) in [6.07, 6.45) is 2.76. The van der Waals surface area contributed by atoms with E-state index in [1.54, 1.807) is 42.5 Å². The van der Waals surface area contributed by atoms with Crippen LogP contribution < -0.4 is 11.5 Å². The molecule has 2 aromatic carbocycles. The number of hydrogen-bond acceptors (Lipinski definition) is 8. The molecule has 0 saturated carbocycles. The van der Waals surface area contributed by atoms with Crippen LogP contribution in [0.5, 0.6) is 0 Å². The Balaban J connectivity index is 0.00000158. The number of esters is 1. The van der Waals surface area contributed by atoms with Gasteiger partial charge in [0, 0.05) is 17.8 Å². The Kier molecular flexibility index (Phi) is 7.64. The van der Waals surface area contributed by atoms with E-state index in [-0.39, 0.29) is 22.8 Å². The van der Waals surface area contributed by atoms with Gasteiger partial charge in [0.25, 0.3) is 10.0 Å². The zero-order valence-corrected chi connectivity index (χ0v) is 20.0. The van der Waals surface area contributed by atoms with E-state index in [9.17, 15) is 13.2 Å². The van der Waals surface area contributed by atoms with Gasteiger partial charge in [-0.05, 0) is 23.3 Å². The van der Waals surface area contributed by atoms with Crippen LogP contribution in [0.2, 0.25) is 0 Å². The van der Waals surface area contributed by atoms with E-state index in [0.717, 1.165) is 9.54 Å². The number of nitrogens with zero attached hydrogens (tertiary/aromatic N) is 3. The highest BCUT2D eigenvalue weighted by atomic mass is 32.2. The number of benzene rings is 2. The molecule has 9 nitrogen and oxygen atoms in total. The quantitative estimate of drug-likeness (QED) is 0.398. The second-order valence-electron chi connectivity index (χ2n) is 7.12. The number of carbonyl (C=O) groups is 1. The molecule has 0 aliphatic heterocycles. The number of nitrogen functional groups attached to an aromatic ring is 1. The predicted molar refractivity (Wildman–Crippen MR) is 131 cm³/mol. The molecular formula is C24H27N5O4S. The summed E-state index contributed by atoms with van der Waals surface area (Å²) < 4.78 is 32.3. The Morgan fingerprint density at radius 3 is 2.32 bits per heavy atom. The van der Waals surface area contributed by atoms with E-state index < -0.39 is 22.0 Å². The minimum atomic E-state index is -3.91. The van der Waals surface area contributed by atoms with Crippen LogP contribution in [0.3, 0.4) is 0 Å². The maximum Gasteiger partial charge on any atom is 0.307 e. The molecule has 178 valence electrons. The number of methoxy groups -OCH3 is 1. The zero-order chi connectivity index (χ0) is 24.9. The van der Waals surface area contributed by atoms with E-state index in [4.69, 9.17) is 11.5 Å². The SMILES string of the molecule is CC.COC(=O)CC(N)c1ccc(-c2cn(S(=O)(=O)c3ccccc3)c3ncnc(N)c23)cc1. The third kappa shape index (κ3) is 4.78. The second kappa shape index (κ2) is 10.4. The Labute approximate surface area is 198 Å². The average molecular weight is 482 g/mol. The summed E-state index contributed by atoms with van der Waals surface area (Å²) in [6, 6.07) is 14.7. The van der Waals surface area contributed by atoms with Gasteiger partial charge in [0.1, 0.15) is 12.1 Å². The van der Waals surface area contributed by atoms with Crippen molar-refractivity contribution in [3.63, 3.8) is 0 Å². The molecule has 0 aliphatic rings. The van der Waals surface area contributed by atoms with Crippen LogP contribution in [0.15, 0.2) is 72.0 Å². The molecule has 2 aromatic heterocycles. The fourth-order valence-corrected chi connectivity index (χ4v) is 4.80. The largest absolute Gasteiger partial charge is 0.469 e. The number of carbonyl (C=O) groups excluding carboxylic acids is 1. The number of rotatable bonds is 6. The molecular weight excluding hydrogens is 454 g/mol. The lowest BCUT2D eigenvalue weighted by molar-refractivity contribution is -0.141. The molecule has 1 unspecified atom stereocenters. The molecule has 0 aliphatic carbocycles. The molecule has 1 atom stereocenters. The van der Waals surface area contributed by atoms with Gasteiger partial charge in [0.2, 0.25) is 0 Å². The van der Waals surface area contributed by atoms with Gasteiger partial charge in [-0.1, -0.05) is 56.3 Å². The van der Waals surface area contributed by atoms with Crippen molar-refractivity contribution < 1.29 is 17.9 Å². The molecule has 0 fully saturated rings. The van der Waals surface area contributed by atoms with E-state index in [1.807, 2.05) is 13.8 Å². The topological polar surface area (TPSA) is 143 Å². The molecule has 0 bridgehead atoms. The van der Waals surface area contributed by atoms with Crippen molar-refractivity contribution in [2.24, 2.45) is 5.73 Å². The minimum absolute atomic E-state index is 0.0469. The molecule has 0 amide bonds. The first-order valence-corrected chi connectivity index (χ1v) is 12.1. The van der Waals surface area contributed by atoms with Crippen molar-refractivity contribution in [3.8, 4) is 11.1 Å². The maximum atomic E-state index is 13.3. The molecule has 4 aromatic rings. The lowest BCUT2D eigenvalue weighted by Crippen LogP contribution is -2.16. The summed E-state index contributed by atoms with van der Waals surface area (Å²) in [5.41, 5.74) is 14.4. The highest BCUT2D eigenvalue weighted by molar-refractivity contribution is 7.90. The van der Waals surface area contributed by atoms with Crippen LogP contribution in [0.1, 0.15) is 31.9 Å². The first kappa shape index (κ1) is 24.9. The fourth-order valence-electron chi connectivity index (χ4n) is 3.46. The Hall–Kier alpha value is -3.76. The number of anilines is 1. The van der Waals surface area contributed by atoms with Crippen molar-refractivity contribution in [3.05, 3.63) is 72.7 Å². The summed E-state index contributed by atoms with van der Waals surface area (Å²) >= 11 is 0. The van der Waals surface area contributed by atoms with Gasteiger partial charge in [-0.2, -0.15) is 0 Å². The van der Waals surface area contributed by atoms with Crippen molar-refractivity contribution in [2.75, 3.05) is 12.8 Å². The summed E-state index contributed by atoms with van der Waals surface area (Å²) in [5, 5.41) is 0.429. The Bertz CT molecular complexity index is 1380. The Morgan fingerprint density at radius 1 is 1.06 bits per heavy atom. The van der Waals surface area contributed by atoms with Crippen LogP contribution in [0, 0.1) is 0 Å². The van der Waals surface area contributed by atoms with Crippen molar-refractivity contribution in [2.45, 2.75) is 31.2 Å². The monoisotopic (exact) mass is 481 g/mol. The van der Waals surface area contributed by atoms with E-state index in [1.165, 1.54) is 31.8 Å². The van der Waals surface area contributed by atoms with E-state index in [0.29, 0.717) is 16.5 Å². The van der Waals surface area contributed by atoms with Crippen LogP contribution in [-0.2, 0) is 19.6 Å². The van der Waals surface area contributed by atoms with Gasteiger partial charge in [-0.25, -0.2) is 22.4 Å². The summed E-state index contributed by atoms with van der Waals surface area (Å²) in [5.74, 6) is -0.237. The molecule has 4 N–H and O–H groups in total. The van der Waals surface area contributed by atoms with Crippen LogP contribution in [-0.4, -0.2) is 35.4 Å².